The van der Waals surface area contributed by atoms with Gasteiger partial charge in [0.15, 0.2) is 10.3 Å². The van der Waals surface area contributed by atoms with Crippen LogP contribution in [0.2, 0.25) is 0 Å². The fourth-order valence-corrected chi connectivity index (χ4v) is 3.65. The Hall–Kier alpha value is -1.14. The Morgan fingerprint density at radius 2 is 2.05 bits per heavy atom. The molecule has 0 fully saturated rings. The van der Waals surface area contributed by atoms with Gasteiger partial charge in [0, 0.05) is 25.5 Å². The van der Waals surface area contributed by atoms with Crippen molar-refractivity contribution in [3.63, 3.8) is 0 Å². The Morgan fingerprint density at radius 3 is 2.65 bits per heavy atom. The van der Waals surface area contributed by atoms with E-state index >= 15 is 0 Å². The van der Waals surface area contributed by atoms with Crippen LogP contribution < -0.4 is 10.2 Å². The summed E-state index contributed by atoms with van der Waals surface area (Å²) in [5, 5.41) is 7.59. The summed E-state index contributed by atoms with van der Waals surface area (Å²) in [6.07, 6.45) is 2.03. The van der Waals surface area contributed by atoms with E-state index in [1.165, 1.54) is 4.88 Å². The summed E-state index contributed by atoms with van der Waals surface area (Å²) in [6.45, 7) is 6.49. The van der Waals surface area contributed by atoms with Crippen molar-refractivity contribution in [2.45, 2.75) is 39.7 Å². The number of anilines is 2. The third kappa shape index (κ3) is 3.30. The predicted molar refractivity (Wildman–Crippen MR) is 90.3 cm³/mol. The van der Waals surface area contributed by atoms with Crippen molar-refractivity contribution in [3.8, 4) is 10.6 Å². The van der Waals surface area contributed by atoms with Crippen molar-refractivity contribution in [3.05, 3.63) is 11.1 Å². The van der Waals surface area contributed by atoms with Gasteiger partial charge in [-0.05, 0) is 19.8 Å². The molecule has 0 saturated carbocycles. The van der Waals surface area contributed by atoms with Gasteiger partial charge < -0.3 is 10.2 Å². The first-order chi connectivity index (χ1) is 9.55. The molecule has 4 nitrogen and oxygen atoms in total. The number of nitrogens with one attached hydrogen (secondary N) is 1. The number of nitrogens with zero attached hydrogens (tertiary/aromatic N) is 3. The third-order valence-corrected chi connectivity index (χ3v) is 5.18. The second kappa shape index (κ2) is 6.54. The van der Waals surface area contributed by atoms with E-state index in [0.29, 0.717) is 6.04 Å². The fraction of sp³-hybridized carbons (Fsp3) is 0.571. The van der Waals surface area contributed by atoms with Gasteiger partial charge in [0.25, 0.3) is 0 Å². The van der Waals surface area contributed by atoms with Crippen molar-refractivity contribution < 1.29 is 0 Å². The van der Waals surface area contributed by atoms with Crippen molar-refractivity contribution in [2.75, 3.05) is 24.3 Å². The number of aryl methyl sites for hydroxylation is 1. The quantitative estimate of drug-likeness (QED) is 0.872. The maximum absolute atomic E-state index is 4.71. The summed E-state index contributed by atoms with van der Waals surface area (Å²) in [7, 11) is 4.05. The molecule has 2 aromatic rings. The maximum atomic E-state index is 4.71. The van der Waals surface area contributed by atoms with Crippen LogP contribution in [0.5, 0.6) is 0 Å². The van der Waals surface area contributed by atoms with E-state index in [1.54, 1.807) is 22.7 Å². The number of aromatic nitrogens is 2. The van der Waals surface area contributed by atoms with E-state index in [0.717, 1.165) is 34.5 Å². The summed E-state index contributed by atoms with van der Waals surface area (Å²) >= 11 is 3.38. The fourth-order valence-electron chi connectivity index (χ4n) is 1.73. The first-order valence-electron chi connectivity index (χ1n) is 6.94. The zero-order valence-corrected chi connectivity index (χ0v) is 14.4. The zero-order valence-electron chi connectivity index (χ0n) is 12.7. The van der Waals surface area contributed by atoms with E-state index in [-0.39, 0.29) is 0 Å². The van der Waals surface area contributed by atoms with Gasteiger partial charge in [-0.2, -0.15) is 0 Å². The Labute approximate surface area is 128 Å². The van der Waals surface area contributed by atoms with Gasteiger partial charge in [-0.1, -0.05) is 25.2 Å². The minimum Gasteiger partial charge on any atom is -0.359 e. The highest BCUT2D eigenvalue weighted by atomic mass is 32.1. The summed E-state index contributed by atoms with van der Waals surface area (Å²) in [5.41, 5.74) is 2.18. The molecule has 0 aliphatic rings. The lowest BCUT2D eigenvalue weighted by Gasteiger charge is -2.08. The largest absolute Gasteiger partial charge is 0.359 e. The highest BCUT2D eigenvalue weighted by molar-refractivity contribution is 7.19. The molecule has 0 bridgehead atoms. The van der Waals surface area contributed by atoms with E-state index in [4.69, 9.17) is 4.98 Å². The second-order valence-corrected chi connectivity index (χ2v) is 6.85. The summed E-state index contributed by atoms with van der Waals surface area (Å²) in [5.74, 6) is 0. The number of rotatable bonds is 6. The van der Waals surface area contributed by atoms with Gasteiger partial charge in [0.05, 0.1) is 16.3 Å². The average molecular weight is 310 g/mol. The molecule has 0 spiro atoms. The van der Waals surface area contributed by atoms with Crippen LogP contribution in [0.1, 0.15) is 32.9 Å². The first-order valence-corrected chi connectivity index (χ1v) is 8.64. The van der Waals surface area contributed by atoms with Gasteiger partial charge >= 0.3 is 0 Å². The molecule has 0 radical (unpaired) electrons. The van der Waals surface area contributed by atoms with E-state index in [1.807, 2.05) is 14.1 Å². The molecule has 2 aromatic heterocycles. The van der Waals surface area contributed by atoms with Crippen LogP contribution in [0.15, 0.2) is 5.38 Å². The van der Waals surface area contributed by atoms with Crippen LogP contribution >= 0.6 is 22.7 Å². The number of hydrogen-bond donors (Lipinski definition) is 1. The SMILES string of the molecule is CCc1nc(N(C)C)sc1-c1csc(NC(C)CC)n1. The van der Waals surface area contributed by atoms with Crippen LogP contribution in [-0.2, 0) is 6.42 Å². The van der Waals surface area contributed by atoms with Crippen LogP contribution in [0, 0.1) is 0 Å². The summed E-state index contributed by atoms with van der Waals surface area (Å²) in [4.78, 5) is 12.6. The van der Waals surface area contributed by atoms with Crippen molar-refractivity contribution in [1.29, 1.82) is 0 Å². The van der Waals surface area contributed by atoms with E-state index < -0.39 is 0 Å². The van der Waals surface area contributed by atoms with Gasteiger partial charge in [0.2, 0.25) is 0 Å². The molecule has 1 unspecified atom stereocenters. The normalized spacial score (nSPS) is 12.4. The van der Waals surface area contributed by atoms with Gasteiger partial charge in [0.1, 0.15) is 0 Å². The monoisotopic (exact) mass is 310 g/mol. The molecule has 110 valence electrons. The molecule has 2 heterocycles. The Morgan fingerprint density at radius 1 is 1.30 bits per heavy atom. The molecule has 0 aliphatic heterocycles. The molecule has 0 saturated heterocycles. The van der Waals surface area contributed by atoms with Crippen LogP contribution in [0.3, 0.4) is 0 Å². The molecule has 1 atom stereocenters. The lowest BCUT2D eigenvalue weighted by atomic mass is 10.2. The Bertz CT molecular complexity index is 559. The van der Waals surface area contributed by atoms with Crippen molar-refractivity contribution in [1.82, 2.24) is 9.97 Å². The average Bonchev–Trinajstić information content (AvgIpc) is 3.04. The van der Waals surface area contributed by atoms with Gasteiger partial charge in [-0.25, -0.2) is 9.97 Å². The standard InChI is InChI=1S/C14H22N4S2/c1-6-9(3)15-13-16-11(8-19-13)12-10(7-2)17-14(20-12)18(4)5/h8-9H,6-7H2,1-5H3,(H,15,16). The second-order valence-electron chi connectivity index (χ2n) is 5.01. The highest BCUT2D eigenvalue weighted by Crippen LogP contribution is 2.36. The Balaban J connectivity index is 2.27. The van der Waals surface area contributed by atoms with Crippen molar-refractivity contribution >= 4 is 32.9 Å². The topological polar surface area (TPSA) is 41.1 Å². The molecular weight excluding hydrogens is 288 g/mol. The third-order valence-electron chi connectivity index (χ3n) is 3.12. The first kappa shape index (κ1) is 15.3. The minimum absolute atomic E-state index is 0.457. The molecule has 20 heavy (non-hydrogen) atoms. The van der Waals surface area contributed by atoms with E-state index in [9.17, 15) is 0 Å². The lowest BCUT2D eigenvalue weighted by molar-refractivity contribution is 0.763. The van der Waals surface area contributed by atoms with Gasteiger partial charge in [-0.3, -0.25) is 0 Å². The predicted octanol–water partition coefficient (Wildman–Crippen LogP) is 4.11. The number of thiazole rings is 2. The maximum Gasteiger partial charge on any atom is 0.185 e. The van der Waals surface area contributed by atoms with Crippen LogP contribution in [0.4, 0.5) is 10.3 Å². The molecule has 0 aromatic carbocycles. The molecule has 0 aliphatic carbocycles. The van der Waals surface area contributed by atoms with Gasteiger partial charge in [-0.15, -0.1) is 11.3 Å². The number of hydrogen-bond acceptors (Lipinski definition) is 6. The molecule has 1 N–H and O–H groups in total. The zero-order chi connectivity index (χ0) is 14.7. The van der Waals surface area contributed by atoms with Crippen LogP contribution in [0.25, 0.3) is 10.6 Å². The summed E-state index contributed by atoms with van der Waals surface area (Å²) in [6, 6.07) is 0.457. The highest BCUT2D eigenvalue weighted by Gasteiger charge is 2.16. The molecular formula is C14H22N4S2. The van der Waals surface area contributed by atoms with E-state index in [2.05, 4.69) is 41.4 Å². The molecule has 6 heteroatoms. The molecule has 0 amide bonds. The van der Waals surface area contributed by atoms with Crippen molar-refractivity contribution in [2.24, 2.45) is 0 Å². The Kier molecular flexibility index (Phi) is 4.99. The smallest absolute Gasteiger partial charge is 0.185 e. The minimum atomic E-state index is 0.457. The summed E-state index contributed by atoms with van der Waals surface area (Å²) < 4.78 is 0. The molecule has 2 rings (SSSR count). The lowest BCUT2D eigenvalue weighted by Crippen LogP contribution is -2.12. The van der Waals surface area contributed by atoms with Crippen LogP contribution in [-0.4, -0.2) is 30.1 Å².